The van der Waals surface area contributed by atoms with Gasteiger partial charge in [-0.05, 0) is 18.2 Å². The summed E-state index contributed by atoms with van der Waals surface area (Å²) in [7, 11) is 0. The Morgan fingerprint density at radius 1 is 1.17 bits per heavy atom. The molecule has 7 heteroatoms. The first-order valence-corrected chi connectivity index (χ1v) is 7.27. The number of H-pyrrole nitrogens is 1. The minimum atomic E-state index is -1.09. The minimum Gasteiger partial charge on any atom is -0.478 e. The Hall–Kier alpha value is -3.48. The van der Waals surface area contributed by atoms with Gasteiger partial charge in [0.1, 0.15) is 17.3 Å². The molecule has 1 aliphatic rings. The number of fused-ring (bicyclic) bond motifs is 2. The number of aromatic nitrogens is 2. The molecule has 0 radical (unpaired) electrons. The first kappa shape index (κ1) is 14.1. The van der Waals surface area contributed by atoms with Gasteiger partial charge in [0.05, 0.1) is 16.8 Å². The van der Waals surface area contributed by atoms with E-state index in [1.54, 1.807) is 36.4 Å². The zero-order chi connectivity index (χ0) is 16.8. The average Bonchev–Trinajstić information content (AvgIpc) is 2.98. The Balaban J connectivity index is 1.86. The summed E-state index contributed by atoms with van der Waals surface area (Å²) in [6.07, 6.45) is 0. The van der Waals surface area contributed by atoms with E-state index < -0.39 is 11.9 Å². The maximum absolute atomic E-state index is 12.4. The fourth-order valence-corrected chi connectivity index (χ4v) is 2.94. The second kappa shape index (κ2) is 5.02. The number of hydrogen-bond acceptors (Lipinski definition) is 4. The standard InChI is InChI=1S/C17H12N4O3/c18-13-8-4-1-2-6-10(8)20-16(22)12(13)15-19-11-7-3-5-9(17(23)24)14(11)21-15/h1-7,12,18H,(H,19,21)(H,20,22)(H,23,24). The van der Waals surface area contributed by atoms with Crippen LogP contribution in [0.2, 0.25) is 0 Å². The van der Waals surface area contributed by atoms with Gasteiger partial charge in [-0.3, -0.25) is 4.79 Å². The van der Waals surface area contributed by atoms with Crippen molar-refractivity contribution in [2.24, 2.45) is 0 Å². The number of nitrogens with zero attached hydrogens (tertiary/aromatic N) is 1. The number of para-hydroxylation sites is 2. The molecule has 1 aromatic heterocycles. The molecule has 1 aliphatic heterocycles. The van der Waals surface area contributed by atoms with Crippen molar-refractivity contribution < 1.29 is 14.7 Å². The summed E-state index contributed by atoms with van der Waals surface area (Å²) in [5.41, 5.74) is 2.19. The van der Waals surface area contributed by atoms with Crippen molar-refractivity contribution in [3.63, 3.8) is 0 Å². The quantitative estimate of drug-likeness (QED) is 0.579. The zero-order valence-corrected chi connectivity index (χ0v) is 12.3. The van der Waals surface area contributed by atoms with Gasteiger partial charge in [-0.1, -0.05) is 24.3 Å². The molecule has 0 saturated heterocycles. The molecule has 4 rings (SSSR count). The number of carbonyl (C=O) groups excluding carboxylic acids is 1. The molecule has 1 unspecified atom stereocenters. The lowest BCUT2D eigenvalue weighted by Gasteiger charge is -2.24. The van der Waals surface area contributed by atoms with Crippen LogP contribution in [0, 0.1) is 5.41 Å². The van der Waals surface area contributed by atoms with Crippen LogP contribution in [0.25, 0.3) is 11.0 Å². The predicted molar refractivity (Wildman–Crippen MR) is 87.7 cm³/mol. The third-order valence-electron chi connectivity index (χ3n) is 4.06. The molecule has 1 atom stereocenters. The summed E-state index contributed by atoms with van der Waals surface area (Å²) in [4.78, 5) is 31.0. The number of hydrogen-bond donors (Lipinski definition) is 4. The molecule has 118 valence electrons. The van der Waals surface area contributed by atoms with Crippen molar-refractivity contribution in [1.82, 2.24) is 9.97 Å². The molecule has 3 aromatic rings. The molecule has 4 N–H and O–H groups in total. The highest BCUT2D eigenvalue weighted by Crippen LogP contribution is 2.31. The molecule has 0 aliphatic carbocycles. The molecule has 0 fully saturated rings. The topological polar surface area (TPSA) is 119 Å². The van der Waals surface area contributed by atoms with Crippen molar-refractivity contribution in [3.05, 3.63) is 59.4 Å². The van der Waals surface area contributed by atoms with E-state index in [0.29, 0.717) is 16.8 Å². The zero-order valence-electron chi connectivity index (χ0n) is 12.3. The van der Waals surface area contributed by atoms with Gasteiger partial charge in [0, 0.05) is 11.3 Å². The highest BCUT2D eigenvalue weighted by Gasteiger charge is 2.35. The summed E-state index contributed by atoms with van der Waals surface area (Å²) in [6, 6.07) is 11.8. The summed E-state index contributed by atoms with van der Waals surface area (Å²) in [5, 5.41) is 20.4. The van der Waals surface area contributed by atoms with Crippen LogP contribution >= 0.6 is 0 Å². The first-order valence-electron chi connectivity index (χ1n) is 7.27. The number of carboxylic acids is 1. The molecule has 7 nitrogen and oxygen atoms in total. The maximum atomic E-state index is 12.4. The summed E-state index contributed by atoms with van der Waals surface area (Å²) < 4.78 is 0. The van der Waals surface area contributed by atoms with Crippen LogP contribution in [0.3, 0.4) is 0 Å². The molecule has 2 heterocycles. The van der Waals surface area contributed by atoms with E-state index in [2.05, 4.69) is 15.3 Å². The molecule has 0 bridgehead atoms. The molecule has 2 aromatic carbocycles. The Labute approximate surface area is 135 Å². The van der Waals surface area contributed by atoms with Crippen molar-refractivity contribution in [3.8, 4) is 0 Å². The van der Waals surface area contributed by atoms with Gasteiger partial charge in [-0.25, -0.2) is 9.78 Å². The Kier molecular flexibility index (Phi) is 2.96. The number of anilines is 1. The van der Waals surface area contributed by atoms with E-state index in [0.717, 1.165) is 0 Å². The highest BCUT2D eigenvalue weighted by molar-refractivity contribution is 6.25. The lowest BCUT2D eigenvalue weighted by Crippen LogP contribution is -2.34. The molecule has 0 spiro atoms. The monoisotopic (exact) mass is 320 g/mol. The largest absolute Gasteiger partial charge is 0.478 e. The number of nitrogens with one attached hydrogen (secondary N) is 3. The number of imidazole rings is 1. The van der Waals surface area contributed by atoms with Crippen LogP contribution < -0.4 is 5.32 Å². The van der Waals surface area contributed by atoms with Gasteiger partial charge >= 0.3 is 5.97 Å². The second-order valence-electron chi connectivity index (χ2n) is 5.51. The summed E-state index contributed by atoms with van der Waals surface area (Å²) in [5.74, 6) is -2.11. The van der Waals surface area contributed by atoms with Gasteiger partial charge < -0.3 is 20.8 Å². The van der Waals surface area contributed by atoms with E-state index in [1.165, 1.54) is 6.07 Å². The van der Waals surface area contributed by atoms with Crippen molar-refractivity contribution in [2.45, 2.75) is 5.92 Å². The number of carbonyl (C=O) groups is 2. The third kappa shape index (κ3) is 1.98. The van der Waals surface area contributed by atoms with Gasteiger partial charge in [0.15, 0.2) is 0 Å². The SMILES string of the molecule is N=C1c2ccccc2NC(=O)C1c1nc2c(C(=O)O)cccc2[nH]1. The lowest BCUT2D eigenvalue weighted by atomic mass is 9.90. The number of aromatic amines is 1. The molecular formula is C17H12N4O3. The van der Waals surface area contributed by atoms with Crippen LogP contribution in [-0.2, 0) is 4.79 Å². The number of carboxylic acid groups (broad SMARTS) is 1. The predicted octanol–water partition coefficient (Wildman–Crippen LogP) is 2.36. The van der Waals surface area contributed by atoms with Crippen molar-refractivity contribution >= 4 is 34.3 Å². The van der Waals surface area contributed by atoms with Crippen molar-refractivity contribution in [2.75, 3.05) is 5.32 Å². The van der Waals surface area contributed by atoms with Crippen molar-refractivity contribution in [1.29, 1.82) is 5.41 Å². The van der Waals surface area contributed by atoms with E-state index in [1.807, 2.05) is 0 Å². The maximum Gasteiger partial charge on any atom is 0.337 e. The lowest BCUT2D eigenvalue weighted by molar-refractivity contribution is -0.116. The van der Waals surface area contributed by atoms with Crippen LogP contribution in [-0.4, -0.2) is 32.7 Å². The van der Waals surface area contributed by atoms with E-state index in [-0.39, 0.29) is 28.5 Å². The van der Waals surface area contributed by atoms with E-state index >= 15 is 0 Å². The van der Waals surface area contributed by atoms with Crippen LogP contribution in [0.1, 0.15) is 27.7 Å². The molecular weight excluding hydrogens is 308 g/mol. The van der Waals surface area contributed by atoms with E-state index in [4.69, 9.17) is 5.41 Å². The smallest absolute Gasteiger partial charge is 0.337 e. The van der Waals surface area contributed by atoms with Crippen LogP contribution in [0.4, 0.5) is 5.69 Å². The fourth-order valence-electron chi connectivity index (χ4n) is 2.94. The highest BCUT2D eigenvalue weighted by atomic mass is 16.4. The summed E-state index contributed by atoms with van der Waals surface area (Å²) in [6.45, 7) is 0. The van der Waals surface area contributed by atoms with Gasteiger partial charge in [0.25, 0.3) is 0 Å². The van der Waals surface area contributed by atoms with Crippen LogP contribution in [0.5, 0.6) is 0 Å². The number of benzene rings is 2. The number of amides is 1. The van der Waals surface area contributed by atoms with Crippen LogP contribution in [0.15, 0.2) is 42.5 Å². The molecule has 1 amide bonds. The first-order chi connectivity index (χ1) is 11.6. The molecule has 0 saturated carbocycles. The third-order valence-corrected chi connectivity index (χ3v) is 4.06. The number of rotatable bonds is 2. The van der Waals surface area contributed by atoms with Gasteiger partial charge in [-0.2, -0.15) is 0 Å². The van der Waals surface area contributed by atoms with E-state index in [9.17, 15) is 14.7 Å². The average molecular weight is 320 g/mol. The minimum absolute atomic E-state index is 0.0538. The Morgan fingerprint density at radius 3 is 2.75 bits per heavy atom. The fraction of sp³-hybridized carbons (Fsp3) is 0.0588. The second-order valence-corrected chi connectivity index (χ2v) is 5.51. The normalized spacial score (nSPS) is 16.8. The summed E-state index contributed by atoms with van der Waals surface area (Å²) >= 11 is 0. The number of aromatic carboxylic acids is 1. The van der Waals surface area contributed by atoms with Gasteiger partial charge in [0.2, 0.25) is 5.91 Å². The van der Waals surface area contributed by atoms with Gasteiger partial charge in [-0.15, -0.1) is 0 Å². The Bertz CT molecular complexity index is 1020. The Morgan fingerprint density at radius 2 is 1.96 bits per heavy atom. The molecule has 24 heavy (non-hydrogen) atoms.